The first-order valence-corrected chi connectivity index (χ1v) is 7.92. The van der Waals surface area contributed by atoms with Crippen LogP contribution in [0.5, 0.6) is 5.75 Å². The molecule has 2 bridgehead atoms. The molecular weight excluding hydrogens is 292 g/mol. The monoisotopic (exact) mass is 308 g/mol. The standard InChI is InChI=1S/C18H16N2O3/c1-20-7-6-17-14-10-2-3-11(9-19)15(14)23-16(17)12(21)4-5-18(17,22)13(20)8-10/h2-5,13,16,22H,6-8H2,1H3/t13-,16?,17?,18?/m1/s1. The maximum atomic E-state index is 12.5. The second kappa shape index (κ2) is 3.84. The van der Waals surface area contributed by atoms with Gasteiger partial charge >= 0.3 is 0 Å². The molecule has 0 radical (unpaired) electrons. The summed E-state index contributed by atoms with van der Waals surface area (Å²) in [5.41, 5.74) is 0.536. The molecule has 1 spiro atoms. The number of hydrogen-bond donors (Lipinski definition) is 1. The molecule has 5 rings (SSSR count). The number of carbonyl (C=O) groups is 1. The summed E-state index contributed by atoms with van der Waals surface area (Å²) in [5, 5.41) is 21.0. The van der Waals surface area contributed by atoms with E-state index in [1.807, 2.05) is 13.1 Å². The van der Waals surface area contributed by atoms with Gasteiger partial charge in [0.05, 0.1) is 11.0 Å². The van der Waals surface area contributed by atoms with Crippen molar-refractivity contribution in [2.24, 2.45) is 0 Å². The first-order valence-electron chi connectivity index (χ1n) is 7.92. The third-order valence-electron chi connectivity index (χ3n) is 6.28. The van der Waals surface area contributed by atoms with Crippen molar-refractivity contribution in [1.82, 2.24) is 4.90 Å². The maximum absolute atomic E-state index is 12.5. The number of piperidine rings is 1. The van der Waals surface area contributed by atoms with Gasteiger partial charge in [-0.1, -0.05) is 6.07 Å². The van der Waals surface area contributed by atoms with Crippen LogP contribution in [-0.2, 0) is 16.6 Å². The van der Waals surface area contributed by atoms with E-state index in [0.717, 1.165) is 17.7 Å². The van der Waals surface area contributed by atoms with E-state index in [1.165, 1.54) is 6.08 Å². The topological polar surface area (TPSA) is 73.6 Å². The highest BCUT2D eigenvalue weighted by Gasteiger charge is 2.71. The van der Waals surface area contributed by atoms with E-state index < -0.39 is 17.1 Å². The average molecular weight is 308 g/mol. The van der Waals surface area contributed by atoms with Gasteiger partial charge in [-0.2, -0.15) is 5.26 Å². The number of likely N-dealkylation sites (N-methyl/N-ethyl adjacent to an activating group) is 1. The second-order valence-corrected chi connectivity index (χ2v) is 7.07. The molecule has 23 heavy (non-hydrogen) atoms. The molecule has 4 aliphatic rings. The number of hydrogen-bond acceptors (Lipinski definition) is 5. The van der Waals surface area contributed by atoms with Crippen molar-refractivity contribution in [3.05, 3.63) is 41.0 Å². The maximum Gasteiger partial charge on any atom is 0.196 e. The molecule has 116 valence electrons. The van der Waals surface area contributed by atoms with Crippen LogP contribution in [0.4, 0.5) is 0 Å². The van der Waals surface area contributed by atoms with E-state index in [-0.39, 0.29) is 11.8 Å². The molecule has 1 N–H and O–H groups in total. The van der Waals surface area contributed by atoms with Crippen LogP contribution in [-0.4, -0.2) is 47.1 Å². The zero-order chi connectivity index (χ0) is 16.0. The van der Waals surface area contributed by atoms with E-state index >= 15 is 0 Å². The number of nitrogens with zero attached hydrogens (tertiary/aromatic N) is 2. The minimum Gasteiger partial charge on any atom is -0.479 e. The molecule has 1 saturated heterocycles. The molecule has 3 unspecified atom stereocenters. The Morgan fingerprint density at radius 3 is 3.09 bits per heavy atom. The van der Waals surface area contributed by atoms with Gasteiger partial charge in [-0.25, -0.2) is 0 Å². The lowest BCUT2D eigenvalue weighted by Gasteiger charge is -2.60. The summed E-state index contributed by atoms with van der Waals surface area (Å²) in [6.45, 7) is 0.795. The van der Waals surface area contributed by atoms with Crippen LogP contribution in [0.3, 0.4) is 0 Å². The Bertz CT molecular complexity index is 839. The van der Waals surface area contributed by atoms with Crippen LogP contribution in [0, 0.1) is 11.3 Å². The normalized spacial score (nSPS) is 39.6. The molecule has 2 aliphatic heterocycles. The number of carbonyl (C=O) groups excluding carboxylic acids is 1. The van der Waals surface area contributed by atoms with Crippen molar-refractivity contribution >= 4 is 5.78 Å². The number of ketones is 1. The zero-order valence-electron chi connectivity index (χ0n) is 12.7. The summed E-state index contributed by atoms with van der Waals surface area (Å²) >= 11 is 0. The molecule has 1 aromatic rings. The van der Waals surface area contributed by atoms with Gasteiger partial charge in [-0.15, -0.1) is 0 Å². The van der Waals surface area contributed by atoms with E-state index in [0.29, 0.717) is 24.2 Å². The van der Waals surface area contributed by atoms with Crippen molar-refractivity contribution in [3.8, 4) is 11.8 Å². The molecule has 5 nitrogen and oxygen atoms in total. The molecule has 1 aromatic carbocycles. The lowest BCUT2D eigenvalue weighted by atomic mass is 9.51. The molecule has 5 heteroatoms. The molecule has 2 aliphatic carbocycles. The first kappa shape index (κ1) is 13.3. The SMILES string of the molecule is CN1CCC23c4c5ccc(C#N)c4OC2C(=O)C=CC3(O)[C@H]1C5. The fourth-order valence-corrected chi connectivity index (χ4v) is 5.23. The summed E-state index contributed by atoms with van der Waals surface area (Å²) in [5.74, 6) is 0.388. The molecule has 4 atom stereocenters. The van der Waals surface area contributed by atoms with Crippen molar-refractivity contribution in [2.45, 2.75) is 36.0 Å². The Kier molecular flexibility index (Phi) is 2.22. The molecule has 2 heterocycles. The number of likely N-dealkylation sites (tertiary alicyclic amines) is 1. The number of aliphatic hydroxyl groups is 1. The Morgan fingerprint density at radius 1 is 1.48 bits per heavy atom. The largest absolute Gasteiger partial charge is 0.479 e. The van der Waals surface area contributed by atoms with Gasteiger partial charge in [-0.05, 0) is 50.2 Å². The lowest BCUT2D eigenvalue weighted by Crippen LogP contribution is -2.74. The number of ether oxygens (including phenoxy) is 1. The third kappa shape index (κ3) is 1.22. The predicted molar refractivity (Wildman–Crippen MR) is 81.1 cm³/mol. The smallest absolute Gasteiger partial charge is 0.196 e. The average Bonchev–Trinajstić information content (AvgIpc) is 2.90. The zero-order valence-corrected chi connectivity index (χ0v) is 12.7. The Labute approximate surface area is 133 Å². The van der Waals surface area contributed by atoms with Crippen molar-refractivity contribution < 1.29 is 14.6 Å². The van der Waals surface area contributed by atoms with Gasteiger partial charge in [-0.3, -0.25) is 9.69 Å². The first-order chi connectivity index (χ1) is 11.0. The number of nitriles is 1. The van der Waals surface area contributed by atoms with Gasteiger partial charge in [0.1, 0.15) is 17.4 Å². The fourth-order valence-electron chi connectivity index (χ4n) is 5.23. The van der Waals surface area contributed by atoms with Crippen LogP contribution < -0.4 is 4.74 Å². The number of rotatable bonds is 0. The third-order valence-corrected chi connectivity index (χ3v) is 6.28. The predicted octanol–water partition coefficient (Wildman–Crippen LogP) is 0.687. The molecule has 1 fully saturated rings. The summed E-state index contributed by atoms with van der Waals surface area (Å²) < 4.78 is 6.01. The summed E-state index contributed by atoms with van der Waals surface area (Å²) in [6, 6.07) is 5.80. The molecular formula is C18H16N2O3. The van der Waals surface area contributed by atoms with E-state index in [2.05, 4.69) is 11.0 Å². The highest BCUT2D eigenvalue weighted by molar-refractivity contribution is 5.99. The molecule has 0 saturated carbocycles. The van der Waals surface area contributed by atoms with Crippen molar-refractivity contribution in [3.63, 3.8) is 0 Å². The van der Waals surface area contributed by atoms with Gasteiger partial charge in [0.15, 0.2) is 11.9 Å². The van der Waals surface area contributed by atoms with E-state index in [4.69, 9.17) is 4.74 Å². The lowest BCUT2D eigenvalue weighted by molar-refractivity contribution is -0.151. The van der Waals surface area contributed by atoms with Gasteiger partial charge in [0, 0.05) is 11.6 Å². The van der Waals surface area contributed by atoms with Gasteiger partial charge in [0.2, 0.25) is 0 Å². The van der Waals surface area contributed by atoms with Crippen LogP contribution in [0.15, 0.2) is 24.3 Å². The fraction of sp³-hybridized carbons (Fsp3) is 0.444. The Balaban J connectivity index is 1.91. The van der Waals surface area contributed by atoms with Crippen LogP contribution in [0.2, 0.25) is 0 Å². The Hall–Kier alpha value is -2.16. The van der Waals surface area contributed by atoms with Gasteiger partial charge < -0.3 is 9.84 Å². The van der Waals surface area contributed by atoms with Crippen LogP contribution >= 0.6 is 0 Å². The van der Waals surface area contributed by atoms with Crippen LogP contribution in [0.25, 0.3) is 0 Å². The van der Waals surface area contributed by atoms with Crippen molar-refractivity contribution in [2.75, 3.05) is 13.6 Å². The van der Waals surface area contributed by atoms with E-state index in [1.54, 1.807) is 12.1 Å². The highest BCUT2D eigenvalue weighted by Crippen LogP contribution is 2.62. The van der Waals surface area contributed by atoms with Crippen molar-refractivity contribution in [1.29, 1.82) is 5.26 Å². The van der Waals surface area contributed by atoms with Crippen LogP contribution in [0.1, 0.15) is 23.1 Å². The molecule has 0 amide bonds. The molecule has 0 aromatic heterocycles. The number of benzene rings is 1. The quantitative estimate of drug-likeness (QED) is 0.763. The summed E-state index contributed by atoms with van der Waals surface area (Å²) in [4.78, 5) is 14.7. The minimum atomic E-state index is -1.13. The van der Waals surface area contributed by atoms with Gasteiger partial charge in [0.25, 0.3) is 0 Å². The highest BCUT2D eigenvalue weighted by atomic mass is 16.5. The summed E-state index contributed by atoms with van der Waals surface area (Å²) in [6.07, 6.45) is 3.74. The minimum absolute atomic E-state index is 0.0851. The van der Waals surface area contributed by atoms with E-state index in [9.17, 15) is 15.2 Å². The second-order valence-electron chi connectivity index (χ2n) is 7.07. The summed E-state index contributed by atoms with van der Waals surface area (Å²) in [7, 11) is 2.01. The Morgan fingerprint density at radius 2 is 2.30 bits per heavy atom.